The van der Waals surface area contributed by atoms with E-state index in [9.17, 15) is 18.0 Å². The van der Waals surface area contributed by atoms with Crippen molar-refractivity contribution in [2.24, 2.45) is 0 Å². The molecule has 0 saturated heterocycles. The van der Waals surface area contributed by atoms with E-state index < -0.39 is 24.1 Å². The Bertz CT molecular complexity index is 271. The van der Waals surface area contributed by atoms with Crippen LogP contribution in [0.1, 0.15) is 20.8 Å². The number of rotatable bonds is 4. The number of hydrogen-bond donors (Lipinski definition) is 1. The molecule has 0 aliphatic carbocycles. The van der Waals surface area contributed by atoms with Gasteiger partial charge in [0.1, 0.15) is 5.60 Å². The Labute approximate surface area is 97.8 Å². The summed E-state index contributed by atoms with van der Waals surface area (Å²) in [6.07, 6.45) is -7.16. The molecule has 7 heteroatoms. The molecule has 0 aliphatic rings. The van der Waals surface area contributed by atoms with Crippen molar-refractivity contribution in [3.8, 4) is 0 Å². The first-order chi connectivity index (χ1) is 7.56. The number of nitrogens with one attached hydrogen (secondary N) is 1. The summed E-state index contributed by atoms with van der Waals surface area (Å²) in [4.78, 5) is 11.1. The number of ether oxygens (including phenoxy) is 2. The number of alkyl carbamates (subject to hydrolysis) is 1. The van der Waals surface area contributed by atoms with E-state index in [4.69, 9.17) is 0 Å². The Balaban J connectivity index is 4.43. The van der Waals surface area contributed by atoms with Crippen LogP contribution in [0.3, 0.4) is 0 Å². The zero-order valence-corrected chi connectivity index (χ0v) is 9.93. The third-order valence-corrected chi connectivity index (χ3v) is 1.33. The Kier molecular flexibility index (Phi) is 5.47. The Morgan fingerprint density at radius 3 is 2.29 bits per heavy atom. The molecule has 0 saturated carbocycles. The minimum Gasteiger partial charge on any atom is -0.444 e. The molecule has 0 aromatic rings. The molecule has 4 nitrogen and oxygen atoms in total. The number of carbonyl (C=O) groups is 1. The first-order valence-corrected chi connectivity index (χ1v) is 4.85. The second kappa shape index (κ2) is 5.90. The number of halogens is 3. The van der Waals surface area contributed by atoms with Crippen molar-refractivity contribution < 1.29 is 27.4 Å². The van der Waals surface area contributed by atoms with Crippen LogP contribution in [0.15, 0.2) is 12.7 Å². The predicted molar refractivity (Wildman–Crippen MR) is 55.4 cm³/mol. The van der Waals surface area contributed by atoms with Crippen molar-refractivity contribution in [3.05, 3.63) is 12.7 Å². The van der Waals surface area contributed by atoms with E-state index in [0.29, 0.717) is 0 Å². The van der Waals surface area contributed by atoms with Gasteiger partial charge in [-0.1, -0.05) is 6.08 Å². The maximum absolute atomic E-state index is 12.4. The molecule has 0 aromatic heterocycles. The summed E-state index contributed by atoms with van der Waals surface area (Å²) in [5, 5.41) is 1.59. The lowest BCUT2D eigenvalue weighted by Crippen LogP contribution is -2.48. The number of amides is 1. The third-order valence-electron chi connectivity index (χ3n) is 1.33. The van der Waals surface area contributed by atoms with Crippen LogP contribution in [-0.4, -0.2) is 30.7 Å². The molecule has 1 atom stereocenters. The van der Waals surface area contributed by atoms with Crippen molar-refractivity contribution >= 4 is 6.09 Å². The lowest BCUT2D eigenvalue weighted by atomic mass is 10.2. The van der Waals surface area contributed by atoms with Crippen LogP contribution in [0.25, 0.3) is 0 Å². The average Bonchev–Trinajstić information content (AvgIpc) is 2.07. The van der Waals surface area contributed by atoms with Crippen molar-refractivity contribution in [3.63, 3.8) is 0 Å². The van der Waals surface area contributed by atoms with E-state index in [2.05, 4.69) is 16.1 Å². The van der Waals surface area contributed by atoms with Crippen LogP contribution in [0.4, 0.5) is 18.0 Å². The molecule has 0 bridgehead atoms. The van der Waals surface area contributed by atoms with Crippen molar-refractivity contribution in [2.75, 3.05) is 6.61 Å². The molecule has 0 fully saturated rings. The van der Waals surface area contributed by atoms with Gasteiger partial charge in [0.2, 0.25) is 6.23 Å². The second-order valence-electron chi connectivity index (χ2n) is 4.19. The van der Waals surface area contributed by atoms with E-state index in [-0.39, 0.29) is 6.61 Å². The Morgan fingerprint density at radius 1 is 1.41 bits per heavy atom. The molecule has 17 heavy (non-hydrogen) atoms. The second-order valence-corrected chi connectivity index (χ2v) is 4.19. The minimum atomic E-state index is -4.71. The van der Waals surface area contributed by atoms with Crippen LogP contribution in [-0.2, 0) is 9.47 Å². The Hall–Kier alpha value is -1.24. The minimum absolute atomic E-state index is 0.333. The molecule has 1 N–H and O–H groups in total. The highest BCUT2D eigenvalue weighted by Gasteiger charge is 2.42. The van der Waals surface area contributed by atoms with E-state index in [0.717, 1.165) is 6.08 Å². The zero-order chi connectivity index (χ0) is 13.7. The first-order valence-electron chi connectivity index (χ1n) is 4.85. The third kappa shape index (κ3) is 7.62. The summed E-state index contributed by atoms with van der Waals surface area (Å²) in [5.74, 6) is 0. The molecule has 0 heterocycles. The van der Waals surface area contributed by atoms with Gasteiger partial charge in [0.15, 0.2) is 0 Å². The fourth-order valence-electron chi connectivity index (χ4n) is 0.797. The smallest absolute Gasteiger partial charge is 0.433 e. The van der Waals surface area contributed by atoms with Gasteiger partial charge in [0, 0.05) is 0 Å². The van der Waals surface area contributed by atoms with Gasteiger partial charge in [-0.25, -0.2) is 4.79 Å². The maximum Gasteiger partial charge on any atom is 0.433 e. The lowest BCUT2D eigenvalue weighted by molar-refractivity contribution is -0.225. The lowest BCUT2D eigenvalue weighted by Gasteiger charge is -2.24. The monoisotopic (exact) mass is 255 g/mol. The van der Waals surface area contributed by atoms with E-state index >= 15 is 0 Å². The van der Waals surface area contributed by atoms with Crippen molar-refractivity contribution in [1.29, 1.82) is 0 Å². The standard InChI is InChI=1S/C10H16F3NO3/c1-5-6-16-7(10(11,12)13)14-8(15)17-9(2,3)4/h5,7H,1,6H2,2-4H3,(H,14,15). The molecule has 0 radical (unpaired) electrons. The SMILES string of the molecule is C=CCOC(NC(=O)OC(C)(C)C)C(F)(F)F. The normalized spacial score (nSPS) is 14.0. The van der Waals surface area contributed by atoms with Gasteiger partial charge in [0.25, 0.3) is 0 Å². The number of carbonyl (C=O) groups excluding carboxylic acids is 1. The fraction of sp³-hybridized carbons (Fsp3) is 0.700. The van der Waals surface area contributed by atoms with Crippen LogP contribution in [0, 0.1) is 0 Å². The summed E-state index contributed by atoms with van der Waals surface area (Å²) in [7, 11) is 0. The van der Waals surface area contributed by atoms with E-state index in [1.807, 2.05) is 0 Å². The van der Waals surface area contributed by atoms with Crippen LogP contribution < -0.4 is 5.32 Å². The van der Waals surface area contributed by atoms with Gasteiger partial charge in [-0.15, -0.1) is 6.58 Å². The van der Waals surface area contributed by atoms with Gasteiger partial charge < -0.3 is 9.47 Å². The summed E-state index contributed by atoms with van der Waals surface area (Å²) in [6, 6.07) is 0. The quantitative estimate of drug-likeness (QED) is 0.620. The molecule has 0 aliphatic heterocycles. The first kappa shape index (κ1) is 15.8. The van der Waals surface area contributed by atoms with Gasteiger partial charge in [-0.3, -0.25) is 5.32 Å². The molecular weight excluding hydrogens is 239 g/mol. The summed E-state index contributed by atoms with van der Waals surface area (Å²) < 4.78 is 46.3. The van der Waals surface area contributed by atoms with Gasteiger partial charge >= 0.3 is 12.3 Å². The Morgan fingerprint density at radius 2 is 1.94 bits per heavy atom. The summed E-state index contributed by atoms with van der Waals surface area (Å²) >= 11 is 0. The molecule has 1 amide bonds. The average molecular weight is 255 g/mol. The fourth-order valence-corrected chi connectivity index (χ4v) is 0.797. The van der Waals surface area contributed by atoms with Gasteiger partial charge in [-0.05, 0) is 20.8 Å². The molecule has 0 rings (SSSR count). The molecule has 1 unspecified atom stereocenters. The van der Waals surface area contributed by atoms with Gasteiger partial charge in [-0.2, -0.15) is 13.2 Å². The molecular formula is C10H16F3NO3. The van der Waals surface area contributed by atoms with Crippen molar-refractivity contribution in [1.82, 2.24) is 5.32 Å². The highest BCUT2D eigenvalue weighted by molar-refractivity contribution is 5.68. The van der Waals surface area contributed by atoms with E-state index in [1.165, 1.54) is 0 Å². The van der Waals surface area contributed by atoms with Crippen LogP contribution >= 0.6 is 0 Å². The van der Waals surface area contributed by atoms with Crippen molar-refractivity contribution in [2.45, 2.75) is 38.8 Å². The largest absolute Gasteiger partial charge is 0.444 e. The molecule has 0 aromatic carbocycles. The van der Waals surface area contributed by atoms with E-state index in [1.54, 1.807) is 26.1 Å². The highest BCUT2D eigenvalue weighted by atomic mass is 19.4. The summed E-state index contributed by atoms with van der Waals surface area (Å²) in [6.45, 7) is 7.51. The number of hydrogen-bond acceptors (Lipinski definition) is 3. The van der Waals surface area contributed by atoms with Crippen LogP contribution in [0.5, 0.6) is 0 Å². The summed E-state index contributed by atoms with van der Waals surface area (Å²) in [5.41, 5.74) is -0.876. The van der Waals surface area contributed by atoms with Crippen LogP contribution in [0.2, 0.25) is 0 Å². The predicted octanol–water partition coefficient (Wildman–Crippen LogP) is 2.60. The maximum atomic E-state index is 12.4. The molecule has 0 spiro atoms. The highest BCUT2D eigenvalue weighted by Crippen LogP contribution is 2.21. The number of alkyl halides is 3. The topological polar surface area (TPSA) is 47.6 Å². The zero-order valence-electron chi connectivity index (χ0n) is 9.93. The van der Waals surface area contributed by atoms with Gasteiger partial charge in [0.05, 0.1) is 6.61 Å². The molecule has 100 valence electrons.